The maximum Gasteiger partial charge on any atom is 0.249 e. The molecule has 7 heterocycles. The number of ketones is 1. The number of carbonyl (C=O) groups is 2. The van der Waals surface area contributed by atoms with Crippen LogP contribution in [0.1, 0.15) is 74.9 Å². The molecule has 4 N–H and O–H groups in total. The van der Waals surface area contributed by atoms with Gasteiger partial charge in [0, 0.05) is 57.4 Å². The van der Waals surface area contributed by atoms with Crippen molar-refractivity contribution in [3.05, 3.63) is 95.3 Å². The van der Waals surface area contributed by atoms with Gasteiger partial charge in [-0.2, -0.15) is 0 Å². The molecule has 0 fully saturated rings. The maximum atomic E-state index is 14.2. The van der Waals surface area contributed by atoms with Crippen LogP contribution in [0.3, 0.4) is 0 Å². The SMILES string of the molecule is CCC(C)(O)C(=O)C[C@H]1Cc2ccc3c(c2)C24c5cccc(c5N[C@H]2O3)-c2cccc3[nH]cc(c23)-c2cnc(o2)-c2nc(oc24)[C@H](C(C)C)NC1=O. The molecule has 6 aromatic rings. The van der Waals surface area contributed by atoms with Crippen molar-refractivity contribution in [2.24, 2.45) is 11.8 Å². The average Bonchev–Trinajstić information content (AvgIpc) is 3.95. The van der Waals surface area contributed by atoms with Crippen molar-refractivity contribution in [1.82, 2.24) is 20.3 Å². The molecule has 52 heavy (non-hydrogen) atoms. The molecule has 0 saturated heterocycles. The van der Waals surface area contributed by atoms with Crippen LogP contribution >= 0.6 is 0 Å². The lowest BCUT2D eigenvalue weighted by molar-refractivity contribution is -0.140. The summed E-state index contributed by atoms with van der Waals surface area (Å²) >= 11 is 0. The monoisotopic (exact) mass is 695 g/mol. The van der Waals surface area contributed by atoms with E-state index in [9.17, 15) is 14.7 Å². The van der Waals surface area contributed by atoms with Crippen LogP contribution in [-0.2, 0) is 21.4 Å². The number of H-pyrrole nitrogens is 1. The van der Waals surface area contributed by atoms with Crippen LogP contribution < -0.4 is 15.4 Å². The zero-order chi connectivity index (χ0) is 35.7. The number of carbonyl (C=O) groups excluding carboxylic acids is 2. The van der Waals surface area contributed by atoms with Crippen LogP contribution in [0.2, 0.25) is 0 Å². The average molecular weight is 696 g/mol. The van der Waals surface area contributed by atoms with E-state index in [0.717, 1.165) is 50.0 Å². The second-order valence-electron chi connectivity index (χ2n) is 15.1. The first-order chi connectivity index (χ1) is 25.1. The predicted molar refractivity (Wildman–Crippen MR) is 193 cm³/mol. The number of para-hydroxylation sites is 1. The molecule has 1 amide bonds. The minimum atomic E-state index is -1.54. The summed E-state index contributed by atoms with van der Waals surface area (Å²) in [6.07, 6.45) is 3.42. The van der Waals surface area contributed by atoms with E-state index >= 15 is 0 Å². The number of aromatic amines is 1. The molecule has 11 heteroatoms. The number of nitrogens with zero attached hydrogens (tertiary/aromatic N) is 2. The predicted octanol–water partition coefficient (Wildman–Crippen LogP) is 7.04. The number of aliphatic hydroxyl groups is 1. The van der Waals surface area contributed by atoms with Gasteiger partial charge in [-0.1, -0.05) is 63.2 Å². The second kappa shape index (κ2) is 10.7. The fourth-order valence-corrected chi connectivity index (χ4v) is 8.61. The molecule has 10 rings (SSSR count). The number of hydrogen-bond donors (Lipinski definition) is 4. The quantitative estimate of drug-likeness (QED) is 0.149. The number of benzene rings is 3. The van der Waals surface area contributed by atoms with E-state index in [1.54, 1.807) is 13.1 Å². The summed E-state index contributed by atoms with van der Waals surface area (Å²) in [5.74, 6) is 0.720. The van der Waals surface area contributed by atoms with Gasteiger partial charge in [0.05, 0.1) is 6.20 Å². The third kappa shape index (κ3) is 4.11. The zero-order valence-corrected chi connectivity index (χ0v) is 29.2. The van der Waals surface area contributed by atoms with E-state index in [1.165, 1.54) is 6.92 Å². The number of anilines is 1. The van der Waals surface area contributed by atoms with Crippen LogP contribution in [0.5, 0.6) is 5.75 Å². The molecule has 2 unspecified atom stereocenters. The fourth-order valence-electron chi connectivity index (χ4n) is 8.61. The first-order valence-corrected chi connectivity index (χ1v) is 17.9. The Bertz CT molecular complexity index is 2490. The Labute approximate surface area is 298 Å². The van der Waals surface area contributed by atoms with E-state index in [4.69, 9.17) is 23.5 Å². The Hall–Kier alpha value is -5.68. The molecule has 1 spiro atoms. The second-order valence-corrected chi connectivity index (χ2v) is 15.1. The minimum Gasteiger partial charge on any atom is -0.469 e. The van der Waals surface area contributed by atoms with Crippen molar-refractivity contribution in [2.45, 2.75) is 70.2 Å². The van der Waals surface area contributed by atoms with Gasteiger partial charge in [-0.3, -0.25) is 9.59 Å². The van der Waals surface area contributed by atoms with Gasteiger partial charge < -0.3 is 34.3 Å². The lowest BCUT2D eigenvalue weighted by Crippen LogP contribution is -2.42. The summed E-state index contributed by atoms with van der Waals surface area (Å²) in [4.78, 5) is 41.0. The topological polar surface area (TPSA) is 156 Å². The van der Waals surface area contributed by atoms with Crippen LogP contribution in [0.15, 0.2) is 75.8 Å². The lowest BCUT2D eigenvalue weighted by atomic mass is 9.72. The van der Waals surface area contributed by atoms with E-state index in [-0.39, 0.29) is 42.8 Å². The highest BCUT2D eigenvalue weighted by atomic mass is 16.5. The van der Waals surface area contributed by atoms with Gasteiger partial charge in [0.15, 0.2) is 29.2 Å². The Morgan fingerprint density at radius 3 is 2.71 bits per heavy atom. The standard InChI is InChI=1S/C41H37N5O6/c1-5-40(4,49)30(47)16-21-14-20-12-13-28-26(15-20)41-25-10-6-9-23(33(25)46-39(41)51-28)22-8-7-11-27-31(22)24(17-42-27)29-18-43-37(50-29)34-35(41)52-38(45-34)32(19(2)3)44-36(21)48/h6-13,15,17-19,21,32,39,42,46,49H,5,14,16H2,1-4H3,(H,44,48)/t21-,32+,39+,40?,41?/m1/s1. The highest BCUT2D eigenvalue weighted by Crippen LogP contribution is 2.61. The van der Waals surface area contributed by atoms with E-state index in [2.05, 4.69) is 45.9 Å². The molecule has 11 nitrogen and oxygen atoms in total. The van der Waals surface area contributed by atoms with Crippen molar-refractivity contribution in [3.8, 4) is 39.8 Å². The fraction of sp³-hybridized carbons (Fsp3) is 0.317. The Balaban J connectivity index is 1.28. The number of aromatic nitrogens is 3. The number of amides is 1. The van der Waals surface area contributed by atoms with Crippen molar-refractivity contribution in [3.63, 3.8) is 0 Å². The third-order valence-corrected chi connectivity index (χ3v) is 11.6. The molecule has 0 saturated carbocycles. The van der Waals surface area contributed by atoms with E-state index < -0.39 is 29.2 Å². The lowest BCUT2D eigenvalue weighted by Gasteiger charge is -2.29. The van der Waals surface area contributed by atoms with Gasteiger partial charge in [-0.05, 0) is 48.9 Å². The van der Waals surface area contributed by atoms with Crippen molar-refractivity contribution >= 4 is 28.3 Å². The maximum absolute atomic E-state index is 14.2. The Kier molecular flexibility index (Phi) is 6.38. The highest BCUT2D eigenvalue weighted by Gasteiger charge is 2.61. The normalized spacial score (nSPS) is 23.2. The van der Waals surface area contributed by atoms with Gasteiger partial charge >= 0.3 is 0 Å². The Morgan fingerprint density at radius 2 is 1.88 bits per heavy atom. The van der Waals surface area contributed by atoms with Crippen LogP contribution in [0, 0.1) is 11.8 Å². The van der Waals surface area contributed by atoms with E-state index in [1.807, 2.05) is 44.3 Å². The van der Waals surface area contributed by atoms with E-state index in [0.29, 0.717) is 28.9 Å². The van der Waals surface area contributed by atoms with Crippen molar-refractivity contribution in [1.29, 1.82) is 0 Å². The first-order valence-electron chi connectivity index (χ1n) is 17.9. The number of hydrogen-bond acceptors (Lipinski definition) is 9. The first kappa shape index (κ1) is 31.1. The number of oxazole rings is 2. The number of Topliss-reactive ketones (excluding diaryl/α,β-unsaturated/α-hetero) is 1. The summed E-state index contributed by atoms with van der Waals surface area (Å²) in [6, 6.07) is 17.8. The van der Waals surface area contributed by atoms with Gasteiger partial charge in [0.1, 0.15) is 22.8 Å². The number of fused-ring (bicyclic) bond motifs is 7. The number of rotatable bonds is 5. The molecular weight excluding hydrogens is 658 g/mol. The summed E-state index contributed by atoms with van der Waals surface area (Å²) in [5.41, 5.74) is 5.24. The van der Waals surface area contributed by atoms with Gasteiger partial charge in [-0.25, -0.2) is 9.97 Å². The molecule has 10 bridgehead atoms. The molecule has 4 aliphatic heterocycles. The van der Waals surface area contributed by atoms with Crippen molar-refractivity contribution in [2.75, 3.05) is 5.32 Å². The molecule has 0 radical (unpaired) electrons. The largest absolute Gasteiger partial charge is 0.469 e. The zero-order valence-electron chi connectivity index (χ0n) is 29.2. The number of ether oxygens (including phenoxy) is 1. The summed E-state index contributed by atoms with van der Waals surface area (Å²) in [7, 11) is 0. The summed E-state index contributed by atoms with van der Waals surface area (Å²) in [5, 5.41) is 18.8. The molecule has 0 aliphatic carbocycles. The van der Waals surface area contributed by atoms with Gasteiger partial charge in [0.25, 0.3) is 0 Å². The third-order valence-electron chi connectivity index (χ3n) is 11.6. The van der Waals surface area contributed by atoms with Crippen LogP contribution in [0.4, 0.5) is 5.69 Å². The minimum absolute atomic E-state index is 0.125. The van der Waals surface area contributed by atoms with Crippen molar-refractivity contribution < 1.29 is 28.3 Å². The molecule has 3 aromatic heterocycles. The molecule has 3 aromatic carbocycles. The van der Waals surface area contributed by atoms with Crippen LogP contribution in [0.25, 0.3) is 44.9 Å². The van der Waals surface area contributed by atoms with Gasteiger partial charge in [0.2, 0.25) is 17.7 Å². The smallest absolute Gasteiger partial charge is 0.249 e. The van der Waals surface area contributed by atoms with Gasteiger partial charge in [-0.15, -0.1) is 0 Å². The molecular formula is C41H37N5O6. The molecule has 262 valence electrons. The molecule has 5 atom stereocenters. The summed E-state index contributed by atoms with van der Waals surface area (Å²) < 4.78 is 20.4. The Morgan fingerprint density at radius 1 is 1.06 bits per heavy atom. The summed E-state index contributed by atoms with van der Waals surface area (Å²) in [6.45, 7) is 7.24. The highest BCUT2D eigenvalue weighted by molar-refractivity contribution is 6.07. The molecule has 4 aliphatic rings. The number of nitrogens with one attached hydrogen (secondary N) is 3. The van der Waals surface area contributed by atoms with Crippen LogP contribution in [-0.4, -0.2) is 43.6 Å².